The van der Waals surface area contributed by atoms with Gasteiger partial charge in [0, 0.05) is 12.5 Å². The lowest BCUT2D eigenvalue weighted by atomic mass is 9.43. The summed E-state index contributed by atoms with van der Waals surface area (Å²) in [7, 11) is 1.45. The number of imide groups is 1. The van der Waals surface area contributed by atoms with Crippen LogP contribution in [0.5, 0.6) is 0 Å². The summed E-state index contributed by atoms with van der Waals surface area (Å²) >= 11 is 0. The molecule has 0 aromatic heterocycles. The zero-order valence-electron chi connectivity index (χ0n) is 24.0. The van der Waals surface area contributed by atoms with Gasteiger partial charge in [-0.1, -0.05) is 32.9 Å². The van der Waals surface area contributed by atoms with E-state index in [1.807, 2.05) is 12.1 Å². The van der Waals surface area contributed by atoms with Gasteiger partial charge in [0.1, 0.15) is 0 Å². The van der Waals surface area contributed by atoms with E-state index < -0.39 is 0 Å². The van der Waals surface area contributed by atoms with Crippen molar-refractivity contribution in [1.82, 2.24) is 4.90 Å². The number of hydrogen-bond acceptors (Lipinski definition) is 5. The molecule has 1 heterocycles. The number of benzene rings is 1. The van der Waals surface area contributed by atoms with E-state index in [0.717, 1.165) is 44.9 Å². The second-order valence-electron chi connectivity index (χ2n) is 14.0. The Morgan fingerprint density at radius 2 is 1.72 bits per heavy atom. The summed E-state index contributed by atoms with van der Waals surface area (Å²) in [5, 5.41) is 11.8. The lowest BCUT2D eigenvalue weighted by Gasteiger charge is -2.63. The Morgan fingerprint density at radius 1 is 1.03 bits per heavy atom. The lowest BCUT2D eigenvalue weighted by molar-refractivity contribution is -0.171. The van der Waals surface area contributed by atoms with Crippen molar-refractivity contribution in [3.05, 3.63) is 35.4 Å². The van der Waals surface area contributed by atoms with Crippen LogP contribution in [0.2, 0.25) is 0 Å². The van der Waals surface area contributed by atoms with E-state index in [9.17, 15) is 19.5 Å². The van der Waals surface area contributed by atoms with Crippen LogP contribution in [-0.2, 0) is 9.53 Å². The van der Waals surface area contributed by atoms with Crippen molar-refractivity contribution in [3.63, 3.8) is 0 Å². The Morgan fingerprint density at radius 3 is 2.38 bits per heavy atom. The highest BCUT2D eigenvalue weighted by Gasteiger charge is 2.64. The number of ether oxygens (including phenoxy) is 1. The summed E-state index contributed by atoms with van der Waals surface area (Å²) in [5.74, 6) is 2.50. The minimum Gasteiger partial charge on any atom is -0.469 e. The quantitative estimate of drug-likeness (QED) is 0.377. The van der Waals surface area contributed by atoms with Crippen molar-refractivity contribution in [2.75, 3.05) is 7.11 Å². The minimum atomic E-state index is -0.332. The van der Waals surface area contributed by atoms with Crippen molar-refractivity contribution >= 4 is 17.8 Å². The van der Waals surface area contributed by atoms with E-state index in [-0.39, 0.29) is 40.8 Å². The number of nitrogens with zero attached hydrogens (tertiary/aromatic N) is 1. The monoisotopic (exact) mass is 535 g/mol. The van der Waals surface area contributed by atoms with Crippen LogP contribution in [0, 0.1) is 46.3 Å². The molecule has 2 amide bonds. The number of fused-ring (bicyclic) bond motifs is 6. The first kappa shape index (κ1) is 27.0. The number of methoxy groups -OCH3 is 1. The zero-order valence-corrected chi connectivity index (χ0v) is 24.0. The van der Waals surface area contributed by atoms with Gasteiger partial charge in [0.2, 0.25) is 0 Å². The summed E-state index contributed by atoms with van der Waals surface area (Å²) in [6, 6.07) is 7.20. The van der Waals surface area contributed by atoms with Crippen LogP contribution in [0.25, 0.3) is 0 Å². The van der Waals surface area contributed by atoms with Crippen LogP contribution in [0.1, 0.15) is 106 Å². The van der Waals surface area contributed by atoms with Crippen LogP contribution in [0.4, 0.5) is 0 Å². The van der Waals surface area contributed by atoms with Gasteiger partial charge in [0.25, 0.3) is 11.8 Å². The van der Waals surface area contributed by atoms with Gasteiger partial charge < -0.3 is 9.84 Å². The predicted octanol–water partition coefficient (Wildman–Crippen LogP) is 5.87. The average Bonchev–Trinajstić information content (AvgIpc) is 3.42. The SMILES string of the molecule is COC(=O)CCC(C)[C@H]1CCC2C3CCC4CC(N5C(=O)c6ccccc6C5=O)CC[C@]4(C)C3CC(O)[C@@]21C. The van der Waals surface area contributed by atoms with Crippen LogP contribution < -0.4 is 0 Å². The highest BCUT2D eigenvalue weighted by Crippen LogP contribution is 2.68. The Bertz CT molecular complexity index is 1130. The molecule has 212 valence electrons. The molecule has 4 saturated carbocycles. The Balaban J connectivity index is 1.18. The standard InChI is InChI=1S/C33H45NO5/c1-19(9-14-29(36)39-4)25-12-13-26-24-11-10-20-17-21(34-30(37)22-7-5-6-8-23(22)31(34)38)15-16-32(20,2)27(24)18-28(35)33(25,26)3/h5-8,19-21,24-28,35H,9-18H2,1-4H3/t19?,20?,21?,24?,25-,26?,27?,28?,32+,33-/m1/s1. The number of aliphatic hydroxyl groups excluding tert-OH is 1. The molecule has 10 atom stereocenters. The maximum atomic E-state index is 13.2. The first-order valence-corrected chi connectivity index (χ1v) is 15.3. The number of rotatable bonds is 5. The van der Waals surface area contributed by atoms with Gasteiger partial charge in [-0.2, -0.15) is 0 Å². The molecule has 1 aromatic rings. The van der Waals surface area contributed by atoms with E-state index in [4.69, 9.17) is 4.74 Å². The van der Waals surface area contributed by atoms with Gasteiger partial charge in [-0.3, -0.25) is 19.3 Å². The molecule has 4 aliphatic carbocycles. The summed E-state index contributed by atoms with van der Waals surface area (Å²) < 4.78 is 4.89. The zero-order chi connectivity index (χ0) is 27.7. The molecule has 39 heavy (non-hydrogen) atoms. The fourth-order valence-corrected chi connectivity index (χ4v) is 10.6. The molecule has 5 aliphatic rings. The van der Waals surface area contributed by atoms with E-state index in [1.165, 1.54) is 20.0 Å². The Kier molecular flexibility index (Phi) is 6.72. The van der Waals surface area contributed by atoms with E-state index >= 15 is 0 Å². The minimum absolute atomic E-state index is 0.0303. The molecule has 4 fully saturated rings. The third-order valence-corrected chi connectivity index (χ3v) is 12.7. The van der Waals surface area contributed by atoms with Crippen molar-refractivity contribution in [1.29, 1.82) is 0 Å². The Labute approximate surface area is 232 Å². The number of carbonyl (C=O) groups is 3. The van der Waals surface area contributed by atoms with Crippen molar-refractivity contribution in [3.8, 4) is 0 Å². The van der Waals surface area contributed by atoms with Gasteiger partial charge >= 0.3 is 5.97 Å². The van der Waals surface area contributed by atoms with Crippen molar-refractivity contribution in [2.45, 2.75) is 97.1 Å². The number of aliphatic hydroxyl groups is 1. The molecule has 7 unspecified atom stereocenters. The van der Waals surface area contributed by atoms with E-state index in [0.29, 0.717) is 53.1 Å². The first-order valence-electron chi connectivity index (χ1n) is 15.3. The number of hydrogen-bond donors (Lipinski definition) is 1. The van der Waals surface area contributed by atoms with E-state index in [1.54, 1.807) is 17.0 Å². The molecule has 6 rings (SSSR count). The van der Waals surface area contributed by atoms with Crippen molar-refractivity contribution < 1.29 is 24.2 Å². The molecule has 1 aliphatic heterocycles. The maximum absolute atomic E-state index is 13.2. The van der Waals surface area contributed by atoms with Crippen molar-refractivity contribution in [2.24, 2.45) is 46.3 Å². The second-order valence-corrected chi connectivity index (χ2v) is 14.0. The topological polar surface area (TPSA) is 83.9 Å². The van der Waals surface area contributed by atoms with Gasteiger partial charge in [0.15, 0.2) is 0 Å². The summed E-state index contributed by atoms with van der Waals surface area (Å²) in [4.78, 5) is 39.8. The normalized spacial score (nSPS) is 41.9. The predicted molar refractivity (Wildman–Crippen MR) is 148 cm³/mol. The highest BCUT2D eigenvalue weighted by molar-refractivity contribution is 6.21. The molecule has 0 bridgehead atoms. The van der Waals surface area contributed by atoms with Gasteiger partial charge in [-0.05, 0) is 116 Å². The largest absolute Gasteiger partial charge is 0.469 e. The van der Waals surface area contributed by atoms with E-state index in [2.05, 4.69) is 20.8 Å². The van der Waals surface area contributed by atoms with Gasteiger partial charge in [-0.15, -0.1) is 0 Å². The first-order chi connectivity index (χ1) is 18.6. The van der Waals surface area contributed by atoms with Crippen LogP contribution >= 0.6 is 0 Å². The molecule has 6 nitrogen and oxygen atoms in total. The number of esters is 1. The maximum Gasteiger partial charge on any atom is 0.305 e. The summed E-state index contributed by atoms with van der Waals surface area (Å²) in [6.07, 6.45) is 9.15. The number of carbonyl (C=O) groups excluding carboxylic acids is 3. The summed E-state index contributed by atoms with van der Waals surface area (Å²) in [6.45, 7) is 7.06. The van der Waals surface area contributed by atoms with Crippen LogP contribution in [-0.4, -0.2) is 47.0 Å². The third kappa shape index (κ3) is 3.94. The van der Waals surface area contributed by atoms with Crippen LogP contribution in [0.3, 0.4) is 0 Å². The third-order valence-electron chi connectivity index (χ3n) is 12.7. The second kappa shape index (κ2) is 9.71. The fraction of sp³-hybridized carbons (Fsp3) is 0.727. The average molecular weight is 536 g/mol. The molecule has 1 N–H and O–H groups in total. The Hall–Kier alpha value is -2.21. The number of amides is 2. The lowest BCUT2D eigenvalue weighted by Crippen LogP contribution is -2.59. The van der Waals surface area contributed by atoms with Gasteiger partial charge in [0.05, 0.1) is 24.3 Å². The molecular formula is C33H45NO5. The van der Waals surface area contributed by atoms with Gasteiger partial charge in [-0.25, -0.2) is 0 Å². The molecule has 6 heteroatoms. The molecule has 0 spiro atoms. The molecule has 0 saturated heterocycles. The molecule has 1 aromatic carbocycles. The van der Waals surface area contributed by atoms with Crippen LogP contribution in [0.15, 0.2) is 24.3 Å². The summed E-state index contributed by atoms with van der Waals surface area (Å²) in [5.41, 5.74) is 1.13. The fourth-order valence-electron chi connectivity index (χ4n) is 10.6. The smallest absolute Gasteiger partial charge is 0.305 e. The highest BCUT2D eigenvalue weighted by atomic mass is 16.5. The molecular weight excluding hydrogens is 490 g/mol. The molecule has 0 radical (unpaired) electrons.